The molecular weight excluding hydrogens is 198 g/mol. The molecule has 0 saturated carbocycles. The van der Waals surface area contributed by atoms with Crippen LogP contribution < -0.4 is 5.73 Å². The summed E-state index contributed by atoms with van der Waals surface area (Å²) in [5.41, 5.74) is 7.38. The van der Waals surface area contributed by atoms with E-state index in [-0.39, 0.29) is 6.54 Å². The van der Waals surface area contributed by atoms with E-state index < -0.39 is 6.43 Å². The van der Waals surface area contributed by atoms with Crippen LogP contribution in [-0.2, 0) is 6.42 Å². The van der Waals surface area contributed by atoms with Gasteiger partial charge in [0.05, 0.1) is 6.54 Å². The molecule has 84 valence electrons. The molecule has 0 aliphatic carbocycles. The van der Waals surface area contributed by atoms with E-state index in [2.05, 4.69) is 0 Å². The topological polar surface area (TPSA) is 29.3 Å². The molecule has 0 unspecified atom stereocenters. The molecule has 0 amide bonds. The number of halogens is 2. The summed E-state index contributed by atoms with van der Waals surface area (Å²) in [4.78, 5) is 1.63. The lowest BCUT2D eigenvalue weighted by Crippen LogP contribution is -2.26. The highest BCUT2D eigenvalue weighted by molar-refractivity contribution is 5.39. The maximum atomic E-state index is 12.0. The van der Waals surface area contributed by atoms with Crippen LogP contribution >= 0.6 is 0 Å². The third-order valence-corrected chi connectivity index (χ3v) is 2.21. The fourth-order valence-corrected chi connectivity index (χ4v) is 1.33. The zero-order valence-corrected chi connectivity index (χ0v) is 8.79. The van der Waals surface area contributed by atoms with E-state index in [9.17, 15) is 8.78 Å². The second kappa shape index (κ2) is 5.66. The van der Waals surface area contributed by atoms with Gasteiger partial charge in [0.2, 0.25) is 0 Å². The minimum Gasteiger partial charge on any atom is -0.399 e. The first-order valence-electron chi connectivity index (χ1n) is 4.89. The van der Waals surface area contributed by atoms with Crippen molar-refractivity contribution < 1.29 is 8.78 Å². The van der Waals surface area contributed by atoms with Gasteiger partial charge in [-0.05, 0) is 31.2 Å². The third kappa shape index (κ3) is 4.74. The van der Waals surface area contributed by atoms with Crippen molar-refractivity contribution in [3.8, 4) is 0 Å². The summed E-state index contributed by atoms with van der Waals surface area (Å²) in [6.07, 6.45) is -1.50. The Balaban J connectivity index is 2.33. The first kappa shape index (κ1) is 11.9. The smallest absolute Gasteiger partial charge is 0.251 e. The van der Waals surface area contributed by atoms with Crippen LogP contribution in [0.15, 0.2) is 24.3 Å². The molecule has 0 radical (unpaired) electrons. The van der Waals surface area contributed by atoms with Crippen LogP contribution in [0.4, 0.5) is 14.5 Å². The highest BCUT2D eigenvalue weighted by Gasteiger charge is 2.06. The Morgan fingerprint density at radius 2 is 1.87 bits per heavy atom. The minimum atomic E-state index is -2.26. The summed E-state index contributed by atoms with van der Waals surface area (Å²) in [6.45, 7) is 0.462. The van der Waals surface area contributed by atoms with Crippen LogP contribution in [-0.4, -0.2) is 31.5 Å². The van der Waals surface area contributed by atoms with Gasteiger partial charge in [0.25, 0.3) is 6.43 Å². The predicted octanol–water partition coefficient (Wildman–Crippen LogP) is 2.01. The molecule has 0 heterocycles. The van der Waals surface area contributed by atoms with E-state index in [1.165, 1.54) is 0 Å². The summed E-state index contributed by atoms with van der Waals surface area (Å²) >= 11 is 0. The number of anilines is 1. The Hall–Kier alpha value is -1.16. The van der Waals surface area contributed by atoms with Gasteiger partial charge < -0.3 is 10.6 Å². The number of likely N-dealkylation sites (N-methyl/N-ethyl adjacent to an activating group) is 1. The molecule has 0 spiro atoms. The van der Waals surface area contributed by atoms with Gasteiger partial charge in [-0.25, -0.2) is 8.78 Å². The third-order valence-electron chi connectivity index (χ3n) is 2.21. The highest BCUT2D eigenvalue weighted by Crippen LogP contribution is 2.06. The fourth-order valence-electron chi connectivity index (χ4n) is 1.33. The van der Waals surface area contributed by atoms with Crippen molar-refractivity contribution in [2.45, 2.75) is 12.8 Å². The number of nitrogens with two attached hydrogens (primary N) is 1. The average molecular weight is 214 g/mol. The Morgan fingerprint density at radius 1 is 1.27 bits per heavy atom. The fraction of sp³-hybridized carbons (Fsp3) is 0.455. The van der Waals surface area contributed by atoms with Crippen molar-refractivity contribution in [1.29, 1.82) is 0 Å². The standard InChI is InChI=1S/C11H16F2N2/c1-15(8-11(12)13)7-6-9-2-4-10(14)5-3-9/h2-5,11H,6-8,14H2,1H3. The van der Waals surface area contributed by atoms with Crippen LogP contribution in [0.1, 0.15) is 5.56 Å². The van der Waals surface area contributed by atoms with Gasteiger partial charge in [-0.3, -0.25) is 0 Å². The molecular formula is C11H16F2N2. The number of hydrogen-bond donors (Lipinski definition) is 1. The van der Waals surface area contributed by atoms with Crippen molar-refractivity contribution in [2.75, 3.05) is 25.9 Å². The molecule has 1 aromatic rings. The van der Waals surface area contributed by atoms with Crippen molar-refractivity contribution >= 4 is 5.69 Å². The van der Waals surface area contributed by atoms with E-state index in [1.807, 2.05) is 24.3 Å². The van der Waals surface area contributed by atoms with Gasteiger partial charge in [0, 0.05) is 12.2 Å². The van der Waals surface area contributed by atoms with Crippen LogP contribution in [0.3, 0.4) is 0 Å². The summed E-state index contributed by atoms with van der Waals surface area (Å²) in [5.74, 6) is 0. The highest BCUT2D eigenvalue weighted by atomic mass is 19.3. The van der Waals surface area contributed by atoms with Gasteiger partial charge in [-0.2, -0.15) is 0 Å². The molecule has 15 heavy (non-hydrogen) atoms. The summed E-state index contributed by atoms with van der Waals surface area (Å²) in [6, 6.07) is 7.49. The molecule has 0 atom stereocenters. The van der Waals surface area contributed by atoms with Crippen molar-refractivity contribution in [1.82, 2.24) is 4.90 Å². The second-order valence-corrected chi connectivity index (χ2v) is 3.64. The normalized spacial score (nSPS) is 11.3. The molecule has 2 nitrogen and oxygen atoms in total. The van der Waals surface area contributed by atoms with E-state index in [0.29, 0.717) is 6.54 Å². The number of nitrogen functional groups attached to an aromatic ring is 1. The first-order chi connectivity index (χ1) is 7.08. The molecule has 0 aromatic heterocycles. The first-order valence-corrected chi connectivity index (χ1v) is 4.89. The van der Waals surface area contributed by atoms with Gasteiger partial charge in [0.1, 0.15) is 0 Å². The Bertz CT molecular complexity index is 285. The zero-order valence-electron chi connectivity index (χ0n) is 8.79. The zero-order chi connectivity index (χ0) is 11.3. The molecule has 0 aliphatic rings. The quantitative estimate of drug-likeness (QED) is 0.760. The molecule has 0 aliphatic heterocycles. The summed E-state index contributed by atoms with van der Waals surface area (Å²) in [5, 5.41) is 0. The van der Waals surface area contributed by atoms with Crippen molar-refractivity contribution in [3.63, 3.8) is 0 Å². The number of hydrogen-bond acceptors (Lipinski definition) is 2. The van der Waals surface area contributed by atoms with Crippen LogP contribution in [0.5, 0.6) is 0 Å². The number of nitrogens with zero attached hydrogens (tertiary/aromatic N) is 1. The van der Waals surface area contributed by atoms with Crippen LogP contribution in [0.2, 0.25) is 0 Å². The largest absolute Gasteiger partial charge is 0.399 e. The summed E-state index contributed by atoms with van der Waals surface area (Å²) < 4.78 is 24.0. The van der Waals surface area contributed by atoms with Crippen LogP contribution in [0.25, 0.3) is 0 Å². The van der Waals surface area contributed by atoms with Gasteiger partial charge in [-0.15, -0.1) is 0 Å². The Labute approximate surface area is 88.7 Å². The van der Waals surface area contributed by atoms with Crippen molar-refractivity contribution in [2.24, 2.45) is 0 Å². The van der Waals surface area contributed by atoms with Crippen LogP contribution in [0, 0.1) is 0 Å². The van der Waals surface area contributed by atoms with Gasteiger partial charge in [0.15, 0.2) is 0 Å². The van der Waals surface area contributed by atoms with E-state index in [0.717, 1.165) is 17.7 Å². The minimum absolute atomic E-state index is 0.172. The number of benzene rings is 1. The number of rotatable bonds is 5. The Morgan fingerprint density at radius 3 is 2.40 bits per heavy atom. The van der Waals surface area contributed by atoms with E-state index in [4.69, 9.17) is 5.73 Å². The lowest BCUT2D eigenvalue weighted by molar-refractivity contribution is 0.101. The molecule has 0 saturated heterocycles. The molecule has 4 heteroatoms. The summed E-state index contributed by atoms with van der Waals surface area (Å²) in [7, 11) is 1.70. The lowest BCUT2D eigenvalue weighted by Gasteiger charge is -2.15. The molecule has 0 bridgehead atoms. The Kier molecular flexibility index (Phi) is 4.49. The maximum Gasteiger partial charge on any atom is 0.251 e. The van der Waals surface area contributed by atoms with Gasteiger partial charge >= 0.3 is 0 Å². The number of alkyl halides is 2. The SMILES string of the molecule is CN(CCc1ccc(N)cc1)CC(F)F. The predicted molar refractivity (Wildman–Crippen MR) is 58.1 cm³/mol. The second-order valence-electron chi connectivity index (χ2n) is 3.64. The molecule has 0 fully saturated rings. The van der Waals surface area contributed by atoms with E-state index >= 15 is 0 Å². The lowest BCUT2D eigenvalue weighted by atomic mass is 10.1. The van der Waals surface area contributed by atoms with Gasteiger partial charge in [-0.1, -0.05) is 12.1 Å². The molecule has 1 rings (SSSR count). The average Bonchev–Trinajstić information content (AvgIpc) is 2.16. The van der Waals surface area contributed by atoms with E-state index in [1.54, 1.807) is 11.9 Å². The maximum absolute atomic E-state index is 12.0. The molecule has 2 N–H and O–H groups in total. The monoisotopic (exact) mass is 214 g/mol. The van der Waals surface area contributed by atoms with Crippen molar-refractivity contribution in [3.05, 3.63) is 29.8 Å². The molecule has 1 aromatic carbocycles.